The Kier molecular flexibility index (Phi) is 7.69. The first-order valence-electron chi connectivity index (χ1n) is 10.7. The Morgan fingerprint density at radius 3 is 2.15 bits per heavy atom. The molecule has 140 valence electrons. The molecule has 0 unspecified atom stereocenters. The van der Waals surface area contributed by atoms with E-state index in [1.165, 1.54) is 64.2 Å². The summed E-state index contributed by atoms with van der Waals surface area (Å²) < 4.78 is 0. The van der Waals surface area contributed by atoms with Gasteiger partial charge < -0.3 is 0 Å². The van der Waals surface area contributed by atoms with E-state index in [4.69, 9.17) is 11.6 Å². The van der Waals surface area contributed by atoms with Crippen LogP contribution in [0.1, 0.15) is 76.7 Å². The predicted octanol–water partition coefficient (Wildman–Crippen LogP) is 7.66. The van der Waals surface area contributed by atoms with Gasteiger partial charge in [0.25, 0.3) is 0 Å². The Labute approximate surface area is 165 Å². The van der Waals surface area contributed by atoms with Crippen LogP contribution in [0.3, 0.4) is 0 Å². The van der Waals surface area contributed by atoms with Crippen molar-refractivity contribution in [1.82, 2.24) is 0 Å². The quantitative estimate of drug-likeness (QED) is 0.478. The van der Waals surface area contributed by atoms with Gasteiger partial charge in [0.1, 0.15) is 0 Å². The molecule has 0 spiro atoms. The van der Waals surface area contributed by atoms with Crippen LogP contribution in [0, 0.1) is 35.5 Å². The van der Waals surface area contributed by atoms with Crippen molar-refractivity contribution in [1.29, 1.82) is 0 Å². The minimum Gasteiger partial charge on any atom is -0.0843 e. The average molecular weight is 369 g/mol. The van der Waals surface area contributed by atoms with Crippen LogP contribution >= 0.6 is 11.6 Å². The van der Waals surface area contributed by atoms with E-state index in [0.29, 0.717) is 0 Å². The number of hydrogen-bond acceptors (Lipinski definition) is 0. The van der Waals surface area contributed by atoms with Gasteiger partial charge in [0.05, 0.1) is 0 Å². The van der Waals surface area contributed by atoms with E-state index in [9.17, 15) is 0 Å². The van der Waals surface area contributed by atoms with E-state index in [-0.39, 0.29) is 0 Å². The van der Waals surface area contributed by atoms with E-state index >= 15 is 0 Å². The fraction of sp³-hybridized carbons (Fsp3) is 0.600. The van der Waals surface area contributed by atoms with E-state index in [1.807, 2.05) is 24.3 Å². The molecule has 3 rings (SSSR count). The molecule has 0 bridgehead atoms. The van der Waals surface area contributed by atoms with Crippen LogP contribution in [0.2, 0.25) is 5.02 Å². The van der Waals surface area contributed by atoms with Crippen molar-refractivity contribution < 1.29 is 0 Å². The summed E-state index contributed by atoms with van der Waals surface area (Å²) in [7, 11) is 0. The Balaban J connectivity index is 1.39. The molecule has 2 saturated carbocycles. The molecule has 0 amide bonds. The third kappa shape index (κ3) is 5.92. The highest BCUT2D eigenvalue weighted by Gasteiger charge is 2.29. The van der Waals surface area contributed by atoms with E-state index in [2.05, 4.69) is 30.9 Å². The molecule has 0 aliphatic heterocycles. The lowest BCUT2D eigenvalue weighted by Crippen LogP contribution is -2.25. The number of hydrogen-bond donors (Lipinski definition) is 0. The second kappa shape index (κ2) is 10.2. The molecule has 0 saturated heterocycles. The first-order valence-corrected chi connectivity index (χ1v) is 11.1. The zero-order chi connectivity index (χ0) is 18.2. The van der Waals surface area contributed by atoms with Gasteiger partial charge in [-0.2, -0.15) is 0 Å². The average Bonchev–Trinajstić information content (AvgIpc) is 2.68. The highest BCUT2D eigenvalue weighted by Crippen LogP contribution is 2.42. The molecule has 0 nitrogen and oxygen atoms in total. The van der Waals surface area contributed by atoms with Gasteiger partial charge in [-0.1, -0.05) is 62.1 Å². The van der Waals surface area contributed by atoms with Crippen molar-refractivity contribution >= 4 is 11.6 Å². The number of benzene rings is 1. The minimum atomic E-state index is 0.738. The van der Waals surface area contributed by atoms with Gasteiger partial charge in [0.2, 0.25) is 0 Å². The maximum atomic E-state index is 5.90. The van der Waals surface area contributed by atoms with Crippen molar-refractivity contribution in [2.24, 2.45) is 23.7 Å². The minimum absolute atomic E-state index is 0.738. The molecule has 0 radical (unpaired) electrons. The fourth-order valence-electron chi connectivity index (χ4n) is 5.01. The maximum Gasteiger partial charge on any atom is 0.0406 e. The predicted molar refractivity (Wildman–Crippen MR) is 113 cm³/mol. The number of allylic oxidation sites excluding steroid dienone is 2. The third-order valence-electron chi connectivity index (χ3n) is 6.58. The highest BCUT2D eigenvalue weighted by molar-refractivity contribution is 6.30. The molecular weight excluding hydrogens is 336 g/mol. The van der Waals surface area contributed by atoms with Gasteiger partial charge in [0, 0.05) is 10.6 Å². The van der Waals surface area contributed by atoms with Crippen LogP contribution in [-0.4, -0.2) is 0 Å². The second-order valence-corrected chi connectivity index (χ2v) is 8.82. The SMILES string of the molecule is CCCC1CCC(C2CCC(C=CC#Cc3ccc(Cl)cc3)CC2)CC1. The van der Waals surface area contributed by atoms with Gasteiger partial charge in [-0.3, -0.25) is 0 Å². The highest BCUT2D eigenvalue weighted by atomic mass is 35.5. The van der Waals surface area contributed by atoms with Gasteiger partial charge in [0.15, 0.2) is 0 Å². The molecule has 26 heavy (non-hydrogen) atoms. The molecule has 0 atom stereocenters. The molecule has 0 N–H and O–H groups in total. The van der Waals surface area contributed by atoms with Gasteiger partial charge in [-0.25, -0.2) is 0 Å². The van der Waals surface area contributed by atoms with Crippen LogP contribution in [0.4, 0.5) is 0 Å². The first kappa shape index (κ1) is 19.6. The van der Waals surface area contributed by atoms with Crippen LogP contribution in [0.15, 0.2) is 36.4 Å². The molecular formula is C25H33Cl. The zero-order valence-electron chi connectivity index (χ0n) is 16.2. The summed E-state index contributed by atoms with van der Waals surface area (Å²) in [5.41, 5.74) is 1.03. The Hall–Kier alpha value is -1.19. The maximum absolute atomic E-state index is 5.90. The molecule has 2 fully saturated rings. The molecule has 0 heterocycles. The standard InChI is InChI=1S/C25H33Cl/c1-2-5-20-8-14-23(15-9-20)24-16-10-21(11-17-24)6-3-4-7-22-12-18-25(26)19-13-22/h3,6,12-13,18-21,23-24H,2,5,8-11,14-17H2,1H3. The van der Waals surface area contributed by atoms with Crippen LogP contribution in [-0.2, 0) is 0 Å². The van der Waals surface area contributed by atoms with Gasteiger partial charge >= 0.3 is 0 Å². The zero-order valence-corrected chi connectivity index (χ0v) is 17.0. The van der Waals surface area contributed by atoms with Gasteiger partial charge in [-0.15, -0.1) is 0 Å². The van der Waals surface area contributed by atoms with Gasteiger partial charge in [-0.05, 0) is 92.5 Å². The summed E-state index contributed by atoms with van der Waals surface area (Å²) in [4.78, 5) is 0. The van der Waals surface area contributed by atoms with Crippen molar-refractivity contribution in [3.8, 4) is 11.8 Å². The summed E-state index contributed by atoms with van der Waals surface area (Å²) in [6, 6.07) is 7.74. The molecule has 2 aliphatic rings. The summed E-state index contributed by atoms with van der Waals surface area (Å²) >= 11 is 5.90. The summed E-state index contributed by atoms with van der Waals surface area (Å²) in [5, 5.41) is 0.765. The molecule has 2 aliphatic carbocycles. The van der Waals surface area contributed by atoms with E-state index in [0.717, 1.165) is 34.3 Å². The van der Waals surface area contributed by atoms with Crippen LogP contribution in [0.5, 0.6) is 0 Å². The summed E-state index contributed by atoms with van der Waals surface area (Å²) in [6.45, 7) is 2.33. The molecule has 0 aromatic heterocycles. The fourth-order valence-corrected chi connectivity index (χ4v) is 5.13. The lowest BCUT2D eigenvalue weighted by atomic mass is 9.69. The Morgan fingerprint density at radius 2 is 1.54 bits per heavy atom. The summed E-state index contributed by atoms with van der Waals surface area (Å²) in [6.07, 6.45) is 18.8. The third-order valence-corrected chi connectivity index (χ3v) is 6.84. The molecule has 1 aromatic rings. The largest absolute Gasteiger partial charge is 0.0843 e. The van der Waals surface area contributed by atoms with Crippen molar-refractivity contribution in [3.05, 3.63) is 47.0 Å². The number of rotatable bonds is 4. The second-order valence-electron chi connectivity index (χ2n) is 8.38. The summed E-state index contributed by atoms with van der Waals surface area (Å²) in [5.74, 6) is 10.2. The normalized spacial score (nSPS) is 29.3. The van der Waals surface area contributed by atoms with Crippen molar-refractivity contribution in [2.75, 3.05) is 0 Å². The monoisotopic (exact) mass is 368 g/mol. The topological polar surface area (TPSA) is 0 Å². The molecule has 1 aromatic carbocycles. The first-order chi connectivity index (χ1) is 12.7. The van der Waals surface area contributed by atoms with Crippen LogP contribution in [0.25, 0.3) is 0 Å². The lowest BCUT2D eigenvalue weighted by Gasteiger charge is -2.37. The number of halogens is 1. The van der Waals surface area contributed by atoms with E-state index < -0.39 is 0 Å². The van der Waals surface area contributed by atoms with Crippen molar-refractivity contribution in [3.63, 3.8) is 0 Å². The van der Waals surface area contributed by atoms with E-state index in [1.54, 1.807) is 0 Å². The Morgan fingerprint density at radius 1 is 0.923 bits per heavy atom. The van der Waals surface area contributed by atoms with Crippen molar-refractivity contribution in [2.45, 2.75) is 71.1 Å². The lowest BCUT2D eigenvalue weighted by molar-refractivity contribution is 0.152. The smallest absolute Gasteiger partial charge is 0.0406 e. The molecule has 1 heteroatoms. The Bertz CT molecular complexity index is 614. The van der Waals surface area contributed by atoms with Crippen LogP contribution < -0.4 is 0 Å².